The molecule has 1 aliphatic rings. The molecule has 1 aromatic heterocycles. The minimum absolute atomic E-state index is 0.0420. The van der Waals surface area contributed by atoms with E-state index in [2.05, 4.69) is 14.9 Å². The van der Waals surface area contributed by atoms with Crippen molar-refractivity contribution < 1.29 is 23.1 Å². The first kappa shape index (κ1) is 14.0. The van der Waals surface area contributed by atoms with Gasteiger partial charge in [-0.1, -0.05) is 0 Å². The number of carboxylic acids is 1. The van der Waals surface area contributed by atoms with Gasteiger partial charge in [0.25, 0.3) is 0 Å². The van der Waals surface area contributed by atoms with Gasteiger partial charge in [0.05, 0.1) is 11.9 Å². The highest BCUT2D eigenvalue weighted by Gasteiger charge is 2.44. The fourth-order valence-corrected chi connectivity index (χ4v) is 3.56. The van der Waals surface area contributed by atoms with Crippen LogP contribution in [-0.2, 0) is 19.6 Å². The summed E-state index contributed by atoms with van der Waals surface area (Å²) in [6.45, 7) is 1.97. The summed E-state index contributed by atoms with van der Waals surface area (Å²) < 4.78 is 31.8. The normalized spacial score (nSPS) is 19.2. The molecule has 0 spiro atoms. The van der Waals surface area contributed by atoms with Gasteiger partial charge in [0.1, 0.15) is 10.4 Å². The topological polar surface area (TPSA) is 121 Å². The second-order valence-corrected chi connectivity index (χ2v) is 6.12. The van der Waals surface area contributed by atoms with Crippen LogP contribution in [0.3, 0.4) is 0 Å². The molecule has 0 bridgehead atoms. The fraction of sp³-hybridized carbons (Fsp3) is 0.600. The van der Waals surface area contributed by atoms with Crippen LogP contribution in [0.4, 0.5) is 0 Å². The van der Waals surface area contributed by atoms with Crippen LogP contribution in [0.2, 0.25) is 0 Å². The van der Waals surface area contributed by atoms with Crippen molar-refractivity contribution in [2.75, 3.05) is 13.2 Å². The number of nitrogens with one attached hydrogen (secondary N) is 2. The number of carbonyl (C=O) groups is 1. The van der Waals surface area contributed by atoms with E-state index in [1.807, 2.05) is 0 Å². The number of hydrogen-bond acceptors (Lipinski definition) is 5. The first-order valence-corrected chi connectivity index (χ1v) is 7.21. The van der Waals surface area contributed by atoms with Crippen LogP contribution in [0.15, 0.2) is 11.1 Å². The van der Waals surface area contributed by atoms with Crippen molar-refractivity contribution in [3.8, 4) is 0 Å². The largest absolute Gasteiger partial charge is 0.480 e. The maximum atomic E-state index is 12.2. The summed E-state index contributed by atoms with van der Waals surface area (Å²) in [5.74, 6) is -1.19. The Hall–Kier alpha value is -1.45. The van der Waals surface area contributed by atoms with Crippen molar-refractivity contribution in [3.05, 3.63) is 11.9 Å². The van der Waals surface area contributed by atoms with Crippen molar-refractivity contribution in [1.29, 1.82) is 0 Å². The fourth-order valence-electron chi connectivity index (χ4n) is 2.00. The first-order chi connectivity index (χ1) is 8.87. The summed E-state index contributed by atoms with van der Waals surface area (Å²) >= 11 is 0. The lowest BCUT2D eigenvalue weighted by Gasteiger charge is -2.33. The van der Waals surface area contributed by atoms with E-state index in [-0.39, 0.29) is 31.0 Å². The van der Waals surface area contributed by atoms with Gasteiger partial charge >= 0.3 is 5.97 Å². The predicted molar refractivity (Wildman–Crippen MR) is 64.1 cm³/mol. The van der Waals surface area contributed by atoms with E-state index in [1.165, 1.54) is 0 Å². The Morgan fingerprint density at radius 3 is 2.63 bits per heavy atom. The number of aromatic nitrogens is 2. The zero-order chi connectivity index (χ0) is 14.1. The SMILES string of the molecule is Cc1[nH]ncc1S(=O)(=O)NC1(C(=O)O)CCOCC1. The molecule has 1 fully saturated rings. The molecule has 1 aliphatic heterocycles. The number of rotatable bonds is 4. The van der Waals surface area contributed by atoms with E-state index in [0.717, 1.165) is 6.20 Å². The molecule has 1 saturated heterocycles. The van der Waals surface area contributed by atoms with Gasteiger partial charge < -0.3 is 9.84 Å². The third kappa shape index (κ3) is 2.62. The Bertz CT molecular complexity index is 574. The van der Waals surface area contributed by atoms with E-state index in [0.29, 0.717) is 5.69 Å². The molecule has 3 N–H and O–H groups in total. The summed E-state index contributed by atoms with van der Waals surface area (Å²) in [7, 11) is -3.93. The molecular formula is C10H15N3O5S. The maximum Gasteiger partial charge on any atom is 0.325 e. The van der Waals surface area contributed by atoms with Crippen molar-refractivity contribution >= 4 is 16.0 Å². The van der Waals surface area contributed by atoms with Crippen molar-refractivity contribution in [3.63, 3.8) is 0 Å². The molecule has 0 aliphatic carbocycles. The average molecular weight is 289 g/mol. The lowest BCUT2D eigenvalue weighted by molar-refractivity contribution is -0.147. The number of H-pyrrole nitrogens is 1. The number of sulfonamides is 1. The summed E-state index contributed by atoms with van der Waals surface area (Å²) in [6, 6.07) is 0. The third-order valence-corrected chi connectivity index (χ3v) is 4.81. The summed E-state index contributed by atoms with van der Waals surface area (Å²) in [5.41, 5.74) is -1.15. The van der Waals surface area contributed by atoms with Gasteiger partial charge in [0, 0.05) is 26.1 Å². The highest BCUT2D eigenvalue weighted by Crippen LogP contribution is 2.24. The Labute approximate surface area is 110 Å². The molecular weight excluding hydrogens is 274 g/mol. The Morgan fingerprint density at radius 2 is 2.16 bits per heavy atom. The minimum atomic E-state index is -3.93. The van der Waals surface area contributed by atoms with Gasteiger partial charge in [-0.05, 0) is 6.92 Å². The van der Waals surface area contributed by atoms with Gasteiger partial charge in [0.2, 0.25) is 10.0 Å². The zero-order valence-electron chi connectivity index (χ0n) is 10.3. The number of nitrogens with zero attached hydrogens (tertiary/aromatic N) is 1. The molecule has 19 heavy (non-hydrogen) atoms. The number of ether oxygens (including phenoxy) is 1. The number of hydrogen-bond donors (Lipinski definition) is 3. The average Bonchev–Trinajstić information content (AvgIpc) is 2.77. The molecule has 2 heterocycles. The summed E-state index contributed by atoms with van der Waals surface area (Å²) in [4.78, 5) is 11.4. The first-order valence-electron chi connectivity index (χ1n) is 5.72. The smallest absolute Gasteiger partial charge is 0.325 e. The lowest BCUT2D eigenvalue weighted by atomic mass is 9.92. The number of aromatic amines is 1. The van der Waals surface area contributed by atoms with Crippen LogP contribution in [0.5, 0.6) is 0 Å². The molecule has 0 amide bonds. The number of aliphatic carboxylic acids is 1. The third-order valence-electron chi connectivity index (χ3n) is 3.16. The van der Waals surface area contributed by atoms with Crippen molar-refractivity contribution in [1.82, 2.24) is 14.9 Å². The van der Waals surface area contributed by atoms with Crippen LogP contribution in [-0.4, -0.2) is 48.4 Å². The van der Waals surface area contributed by atoms with Crippen LogP contribution in [0, 0.1) is 6.92 Å². The van der Waals surface area contributed by atoms with E-state index >= 15 is 0 Å². The second kappa shape index (κ2) is 4.91. The van der Waals surface area contributed by atoms with Gasteiger partial charge in [-0.3, -0.25) is 9.89 Å². The monoisotopic (exact) mass is 289 g/mol. The molecule has 8 nitrogen and oxygen atoms in total. The van der Waals surface area contributed by atoms with Gasteiger partial charge in [0.15, 0.2) is 0 Å². The van der Waals surface area contributed by atoms with Crippen LogP contribution in [0.1, 0.15) is 18.5 Å². The maximum absolute atomic E-state index is 12.2. The molecule has 0 aromatic carbocycles. The van der Waals surface area contributed by atoms with E-state index in [9.17, 15) is 18.3 Å². The van der Waals surface area contributed by atoms with E-state index in [1.54, 1.807) is 6.92 Å². The van der Waals surface area contributed by atoms with Gasteiger partial charge in [-0.2, -0.15) is 9.82 Å². The second-order valence-electron chi connectivity index (χ2n) is 4.46. The molecule has 0 unspecified atom stereocenters. The number of carboxylic acid groups (broad SMARTS) is 1. The molecule has 0 saturated carbocycles. The molecule has 0 atom stereocenters. The Balaban J connectivity index is 2.32. The standard InChI is InChI=1S/C10H15N3O5S/c1-7-8(6-11-12-7)19(16,17)13-10(9(14)15)2-4-18-5-3-10/h6,13H,2-5H2,1H3,(H,11,12)(H,14,15). The van der Waals surface area contributed by atoms with Crippen LogP contribution >= 0.6 is 0 Å². The van der Waals surface area contributed by atoms with Crippen molar-refractivity contribution in [2.45, 2.75) is 30.2 Å². The van der Waals surface area contributed by atoms with Crippen LogP contribution in [0.25, 0.3) is 0 Å². The molecule has 0 radical (unpaired) electrons. The zero-order valence-corrected chi connectivity index (χ0v) is 11.2. The lowest BCUT2D eigenvalue weighted by Crippen LogP contribution is -2.57. The number of aryl methyl sites for hydroxylation is 1. The molecule has 1 aromatic rings. The quantitative estimate of drug-likeness (QED) is 0.695. The summed E-state index contributed by atoms with van der Waals surface area (Å²) in [6.07, 6.45) is 1.35. The Kier molecular flexibility index (Phi) is 3.61. The highest BCUT2D eigenvalue weighted by molar-refractivity contribution is 7.89. The molecule has 2 rings (SSSR count). The molecule has 9 heteroatoms. The highest BCUT2D eigenvalue weighted by atomic mass is 32.2. The summed E-state index contributed by atoms with van der Waals surface area (Å²) in [5, 5.41) is 15.5. The van der Waals surface area contributed by atoms with Crippen molar-refractivity contribution in [2.24, 2.45) is 0 Å². The van der Waals surface area contributed by atoms with Crippen LogP contribution < -0.4 is 4.72 Å². The van der Waals surface area contributed by atoms with Gasteiger partial charge in [-0.25, -0.2) is 8.42 Å². The predicted octanol–water partition coefficient (Wildman–Crippen LogP) is -0.370. The van der Waals surface area contributed by atoms with E-state index in [4.69, 9.17) is 4.74 Å². The Morgan fingerprint density at radius 1 is 1.53 bits per heavy atom. The van der Waals surface area contributed by atoms with Gasteiger partial charge in [-0.15, -0.1) is 0 Å². The van der Waals surface area contributed by atoms with E-state index < -0.39 is 21.5 Å². The minimum Gasteiger partial charge on any atom is -0.480 e. The molecule has 106 valence electrons.